The Hall–Kier alpha value is -0.120. The molecule has 1 saturated heterocycles. The average molecular weight is 341 g/mol. The Kier molecular flexibility index (Phi) is 10.3. The van der Waals surface area contributed by atoms with Gasteiger partial charge in [0.25, 0.3) is 0 Å². The molecule has 0 saturated carbocycles. The molecule has 0 spiro atoms. The molecule has 1 aliphatic heterocycles. The van der Waals surface area contributed by atoms with Gasteiger partial charge in [-0.05, 0) is 53.4 Å². The summed E-state index contributed by atoms with van der Waals surface area (Å²) in [5, 5.41) is 10.7. The molecule has 1 heterocycles. The van der Waals surface area contributed by atoms with E-state index in [9.17, 15) is 5.11 Å². The molecule has 1 N–H and O–H groups in total. The van der Waals surface area contributed by atoms with Crippen LogP contribution in [0.5, 0.6) is 0 Å². The largest absolute Gasteiger partial charge is 0.388 e. The quantitative estimate of drug-likeness (QED) is 0.579. The van der Waals surface area contributed by atoms with Crippen LogP contribution in [0.15, 0.2) is 34.9 Å². The van der Waals surface area contributed by atoms with Crippen molar-refractivity contribution in [3.63, 3.8) is 0 Å². The molecule has 0 aromatic heterocycles. The van der Waals surface area contributed by atoms with Gasteiger partial charge in [-0.25, -0.2) is 0 Å². The molecule has 3 heteroatoms. The first-order valence-electron chi connectivity index (χ1n) is 8.32. The molecule has 2 atom stereocenters. The number of allylic oxidation sites excluding steroid dienone is 5. The average Bonchev–Trinajstić information content (AvgIpc) is 2.47. The van der Waals surface area contributed by atoms with Gasteiger partial charge in [0.2, 0.25) is 0 Å². The number of rotatable bonds is 8. The molecule has 1 aliphatic rings. The first-order valence-corrected chi connectivity index (χ1v) is 10.5. The molecule has 0 aromatic carbocycles. The van der Waals surface area contributed by atoms with Gasteiger partial charge in [-0.3, -0.25) is 0 Å². The minimum Gasteiger partial charge on any atom is -0.388 e. The van der Waals surface area contributed by atoms with E-state index in [1.165, 1.54) is 28.2 Å². The normalized spacial score (nSPS) is 21.6. The van der Waals surface area contributed by atoms with Crippen molar-refractivity contribution in [2.75, 3.05) is 17.3 Å². The lowest BCUT2D eigenvalue weighted by Gasteiger charge is -2.24. The molecule has 0 bridgehead atoms. The van der Waals surface area contributed by atoms with E-state index >= 15 is 0 Å². The van der Waals surface area contributed by atoms with E-state index in [2.05, 4.69) is 45.9 Å². The first kappa shape index (κ1) is 19.9. The lowest BCUT2D eigenvalue weighted by molar-refractivity contribution is 0.224. The van der Waals surface area contributed by atoms with Crippen LogP contribution in [0.1, 0.15) is 53.4 Å². The van der Waals surface area contributed by atoms with Crippen molar-refractivity contribution in [3.05, 3.63) is 34.9 Å². The Morgan fingerprint density at radius 2 is 1.73 bits per heavy atom. The summed E-state index contributed by atoms with van der Waals surface area (Å²) < 4.78 is 0. The van der Waals surface area contributed by atoms with E-state index in [0.29, 0.717) is 5.25 Å². The van der Waals surface area contributed by atoms with E-state index in [1.54, 1.807) is 0 Å². The number of aliphatic hydroxyl groups excluding tert-OH is 1. The highest BCUT2D eigenvalue weighted by Crippen LogP contribution is 2.27. The van der Waals surface area contributed by atoms with Crippen LogP contribution in [-0.4, -0.2) is 33.7 Å². The SMILES string of the molecule is CC(C)=CCCC(C)=CCCC(C)=CC(O)C1CSCCS1. The second-order valence-corrected chi connectivity index (χ2v) is 8.89. The van der Waals surface area contributed by atoms with Crippen LogP contribution < -0.4 is 0 Å². The molecule has 2 unspecified atom stereocenters. The van der Waals surface area contributed by atoms with Crippen molar-refractivity contribution in [2.24, 2.45) is 0 Å². The molecule has 1 nitrogen and oxygen atoms in total. The van der Waals surface area contributed by atoms with Crippen LogP contribution in [0.2, 0.25) is 0 Å². The Bertz CT molecular complexity index is 400. The molecule has 0 radical (unpaired) electrons. The third-order valence-corrected chi connectivity index (χ3v) is 6.67. The van der Waals surface area contributed by atoms with Crippen LogP contribution in [0.4, 0.5) is 0 Å². The fraction of sp³-hybridized carbons (Fsp3) is 0.684. The summed E-state index contributed by atoms with van der Waals surface area (Å²) in [5.74, 6) is 3.49. The summed E-state index contributed by atoms with van der Waals surface area (Å²) in [7, 11) is 0. The lowest BCUT2D eigenvalue weighted by atomic mass is 10.0. The topological polar surface area (TPSA) is 20.2 Å². The van der Waals surface area contributed by atoms with Crippen molar-refractivity contribution in [2.45, 2.75) is 64.7 Å². The zero-order valence-electron chi connectivity index (χ0n) is 14.6. The molecule has 0 aromatic rings. The monoisotopic (exact) mass is 340 g/mol. The Balaban J connectivity index is 2.30. The highest BCUT2D eigenvalue weighted by Gasteiger charge is 2.20. The molecular weight excluding hydrogens is 308 g/mol. The van der Waals surface area contributed by atoms with E-state index in [0.717, 1.165) is 31.4 Å². The minimum atomic E-state index is -0.277. The summed E-state index contributed by atoms with van der Waals surface area (Å²) in [6.45, 7) is 8.68. The maximum atomic E-state index is 10.3. The summed E-state index contributed by atoms with van der Waals surface area (Å²) in [6.07, 6.45) is 10.9. The number of hydrogen-bond donors (Lipinski definition) is 1. The van der Waals surface area contributed by atoms with Crippen molar-refractivity contribution < 1.29 is 5.11 Å². The molecule has 0 amide bonds. The predicted molar refractivity (Wildman–Crippen MR) is 105 cm³/mol. The lowest BCUT2D eigenvalue weighted by Crippen LogP contribution is -2.27. The summed E-state index contributed by atoms with van der Waals surface area (Å²) in [6, 6.07) is 0. The number of hydrogen-bond acceptors (Lipinski definition) is 3. The van der Waals surface area contributed by atoms with Crippen LogP contribution >= 0.6 is 23.5 Å². The van der Waals surface area contributed by atoms with Gasteiger partial charge in [-0.15, -0.1) is 0 Å². The maximum Gasteiger partial charge on any atom is 0.0850 e. The Morgan fingerprint density at radius 3 is 2.36 bits per heavy atom. The van der Waals surface area contributed by atoms with E-state index < -0.39 is 0 Å². The maximum absolute atomic E-state index is 10.3. The highest BCUT2D eigenvalue weighted by molar-refractivity contribution is 8.06. The summed E-state index contributed by atoms with van der Waals surface area (Å²) in [5.41, 5.74) is 4.20. The van der Waals surface area contributed by atoms with Gasteiger partial charge in [0.05, 0.1) is 6.10 Å². The van der Waals surface area contributed by atoms with Gasteiger partial charge >= 0.3 is 0 Å². The minimum absolute atomic E-state index is 0.277. The molecule has 1 fully saturated rings. The van der Waals surface area contributed by atoms with Gasteiger partial charge in [0, 0.05) is 22.5 Å². The number of aliphatic hydroxyl groups is 1. The van der Waals surface area contributed by atoms with Crippen LogP contribution in [0.3, 0.4) is 0 Å². The van der Waals surface area contributed by atoms with Crippen molar-refractivity contribution in [1.29, 1.82) is 0 Å². The molecule has 22 heavy (non-hydrogen) atoms. The predicted octanol–water partition coefficient (Wildman–Crippen LogP) is 5.62. The molecule has 1 rings (SSSR count). The third kappa shape index (κ3) is 9.12. The third-order valence-electron chi connectivity index (χ3n) is 3.80. The summed E-state index contributed by atoms with van der Waals surface area (Å²) in [4.78, 5) is 0. The van der Waals surface area contributed by atoms with Crippen molar-refractivity contribution in [1.82, 2.24) is 0 Å². The van der Waals surface area contributed by atoms with E-state index in [1.807, 2.05) is 23.5 Å². The Labute approximate surface area is 145 Å². The van der Waals surface area contributed by atoms with Gasteiger partial charge < -0.3 is 5.11 Å². The van der Waals surface area contributed by atoms with Gasteiger partial charge in [0.1, 0.15) is 0 Å². The zero-order chi connectivity index (χ0) is 16.4. The molecule has 0 aliphatic carbocycles. The van der Waals surface area contributed by atoms with Crippen LogP contribution in [-0.2, 0) is 0 Å². The van der Waals surface area contributed by atoms with Gasteiger partial charge in [0.15, 0.2) is 0 Å². The van der Waals surface area contributed by atoms with Gasteiger partial charge in [-0.2, -0.15) is 23.5 Å². The van der Waals surface area contributed by atoms with Crippen LogP contribution in [0.25, 0.3) is 0 Å². The zero-order valence-corrected chi connectivity index (χ0v) is 16.2. The van der Waals surface area contributed by atoms with Crippen LogP contribution in [0, 0.1) is 0 Å². The number of thioether (sulfide) groups is 2. The first-order chi connectivity index (χ1) is 10.5. The molecule has 126 valence electrons. The smallest absolute Gasteiger partial charge is 0.0850 e. The van der Waals surface area contributed by atoms with E-state index in [4.69, 9.17) is 0 Å². The molecular formula is C19H32OS2. The standard InChI is InChI=1S/C19H32OS2/c1-15(2)7-5-8-16(3)9-6-10-17(4)13-18(20)19-14-21-11-12-22-19/h7,9,13,18-20H,5-6,8,10-12,14H2,1-4H3. The van der Waals surface area contributed by atoms with Crippen molar-refractivity contribution in [3.8, 4) is 0 Å². The second-order valence-electron chi connectivity index (χ2n) is 6.40. The van der Waals surface area contributed by atoms with Crippen molar-refractivity contribution >= 4 is 23.5 Å². The Morgan fingerprint density at radius 1 is 1.05 bits per heavy atom. The second kappa shape index (κ2) is 11.4. The van der Waals surface area contributed by atoms with E-state index in [-0.39, 0.29) is 6.10 Å². The highest BCUT2D eigenvalue weighted by atomic mass is 32.2. The van der Waals surface area contributed by atoms with Gasteiger partial charge in [-0.1, -0.05) is 34.9 Å². The fourth-order valence-electron chi connectivity index (χ4n) is 2.42. The summed E-state index contributed by atoms with van der Waals surface area (Å²) >= 11 is 3.89. The fourth-order valence-corrected chi connectivity index (χ4v) is 5.13.